The number of carbonyl (C=O) groups is 1. The van der Waals surface area contributed by atoms with E-state index in [1.54, 1.807) is 0 Å². The van der Waals surface area contributed by atoms with Gasteiger partial charge in [0.15, 0.2) is 0 Å². The highest BCUT2D eigenvalue weighted by Gasteiger charge is 2.35. The van der Waals surface area contributed by atoms with E-state index in [0.29, 0.717) is 6.54 Å². The van der Waals surface area contributed by atoms with E-state index in [-0.39, 0.29) is 36.3 Å². The third kappa shape index (κ3) is 8.26. The summed E-state index contributed by atoms with van der Waals surface area (Å²) in [6, 6.07) is 10.5. The second-order valence-corrected chi connectivity index (χ2v) is 6.90. The fourth-order valence-corrected chi connectivity index (χ4v) is 3.70. The molecule has 0 unspecified atom stereocenters. The van der Waals surface area contributed by atoms with Gasteiger partial charge in [-0.3, -0.25) is 4.79 Å². The zero-order valence-corrected chi connectivity index (χ0v) is 17.8. The molecule has 1 aliphatic rings. The molecule has 0 heterocycles. The fourth-order valence-electron chi connectivity index (χ4n) is 3.70. The Morgan fingerprint density at radius 2 is 1.69 bits per heavy atom. The Balaban J connectivity index is 0.00000312. The van der Waals surface area contributed by atoms with E-state index in [0.717, 1.165) is 45.4 Å². The molecule has 1 saturated carbocycles. The average molecular weight is 404 g/mol. The Bertz CT molecular complexity index is 489. The predicted octanol–water partition coefficient (Wildman–Crippen LogP) is 3.43. The highest BCUT2D eigenvalue weighted by Crippen LogP contribution is 2.32. The lowest BCUT2D eigenvalue weighted by molar-refractivity contribution is -0.122. The van der Waals surface area contributed by atoms with Crippen molar-refractivity contribution in [3.8, 4) is 0 Å². The second-order valence-electron chi connectivity index (χ2n) is 6.90. The SMILES string of the molecule is CCN(CC)CCNCC(=O)NC1(Cc2ccccc2)CCCC1.Cl.Cl. The number of halogens is 2. The van der Waals surface area contributed by atoms with Crippen molar-refractivity contribution in [3.63, 3.8) is 0 Å². The standard InChI is InChI=1S/C20H33N3O.2ClH/c1-3-23(4-2)15-14-21-17-19(24)22-20(12-8-9-13-20)16-18-10-6-5-7-11-18;;/h5-7,10-11,21H,3-4,8-9,12-17H2,1-2H3,(H,22,24);2*1H. The van der Waals surface area contributed by atoms with Gasteiger partial charge in [-0.25, -0.2) is 0 Å². The van der Waals surface area contributed by atoms with Crippen LogP contribution in [0.2, 0.25) is 0 Å². The first kappa shape index (κ1) is 25.2. The number of hydrogen-bond acceptors (Lipinski definition) is 3. The molecule has 26 heavy (non-hydrogen) atoms. The number of likely N-dealkylation sites (N-methyl/N-ethyl adjacent to an activating group) is 1. The molecular formula is C20H35Cl2N3O. The van der Waals surface area contributed by atoms with Gasteiger partial charge in [-0.15, -0.1) is 24.8 Å². The van der Waals surface area contributed by atoms with Crippen LogP contribution >= 0.6 is 24.8 Å². The van der Waals surface area contributed by atoms with Crippen LogP contribution in [0.4, 0.5) is 0 Å². The van der Waals surface area contributed by atoms with Gasteiger partial charge in [-0.05, 0) is 37.9 Å². The van der Waals surface area contributed by atoms with E-state index in [2.05, 4.69) is 53.6 Å². The molecule has 6 heteroatoms. The van der Waals surface area contributed by atoms with E-state index in [1.807, 2.05) is 6.07 Å². The van der Waals surface area contributed by atoms with Crippen molar-refractivity contribution < 1.29 is 4.79 Å². The molecule has 0 spiro atoms. The van der Waals surface area contributed by atoms with Gasteiger partial charge in [0.05, 0.1) is 6.54 Å². The molecule has 1 amide bonds. The first-order valence-corrected chi connectivity index (χ1v) is 9.45. The number of benzene rings is 1. The summed E-state index contributed by atoms with van der Waals surface area (Å²) in [4.78, 5) is 14.8. The van der Waals surface area contributed by atoms with Crippen LogP contribution in [0.25, 0.3) is 0 Å². The molecule has 0 saturated heterocycles. The van der Waals surface area contributed by atoms with Gasteiger partial charge in [0, 0.05) is 18.6 Å². The molecule has 1 aromatic carbocycles. The lowest BCUT2D eigenvalue weighted by Crippen LogP contribution is -2.51. The van der Waals surface area contributed by atoms with Gasteiger partial charge < -0.3 is 15.5 Å². The van der Waals surface area contributed by atoms with E-state index in [4.69, 9.17) is 0 Å². The minimum atomic E-state index is -0.0427. The molecule has 0 radical (unpaired) electrons. The lowest BCUT2D eigenvalue weighted by Gasteiger charge is -2.31. The molecule has 0 aliphatic heterocycles. The van der Waals surface area contributed by atoms with Gasteiger partial charge in [0.25, 0.3) is 0 Å². The number of carbonyl (C=O) groups excluding carboxylic acids is 1. The number of nitrogens with zero attached hydrogens (tertiary/aromatic N) is 1. The Hall–Kier alpha value is -0.810. The number of hydrogen-bond donors (Lipinski definition) is 2. The van der Waals surface area contributed by atoms with Crippen molar-refractivity contribution in [3.05, 3.63) is 35.9 Å². The molecule has 0 aromatic heterocycles. The van der Waals surface area contributed by atoms with E-state index >= 15 is 0 Å². The van der Waals surface area contributed by atoms with Crippen molar-refractivity contribution in [2.75, 3.05) is 32.7 Å². The molecule has 1 fully saturated rings. The third-order valence-corrected chi connectivity index (χ3v) is 5.14. The maximum atomic E-state index is 12.4. The Labute approximate surface area is 171 Å². The first-order valence-electron chi connectivity index (χ1n) is 9.45. The molecule has 1 aromatic rings. The lowest BCUT2D eigenvalue weighted by atomic mass is 9.89. The van der Waals surface area contributed by atoms with E-state index in [1.165, 1.54) is 18.4 Å². The minimum Gasteiger partial charge on any atom is -0.349 e. The molecule has 0 bridgehead atoms. The van der Waals surface area contributed by atoms with Crippen molar-refractivity contribution in [1.29, 1.82) is 0 Å². The number of rotatable bonds is 10. The predicted molar refractivity (Wildman–Crippen MR) is 115 cm³/mol. The molecule has 2 rings (SSSR count). The van der Waals surface area contributed by atoms with Crippen LogP contribution < -0.4 is 10.6 Å². The maximum Gasteiger partial charge on any atom is 0.234 e. The quantitative estimate of drug-likeness (QED) is 0.588. The Morgan fingerprint density at radius 1 is 1.08 bits per heavy atom. The highest BCUT2D eigenvalue weighted by atomic mass is 35.5. The summed E-state index contributed by atoms with van der Waals surface area (Å²) < 4.78 is 0. The normalized spacial score (nSPS) is 15.2. The van der Waals surface area contributed by atoms with Crippen LogP contribution in [0.3, 0.4) is 0 Å². The summed E-state index contributed by atoms with van der Waals surface area (Å²) in [5.74, 6) is 0.132. The molecule has 1 aliphatic carbocycles. The monoisotopic (exact) mass is 403 g/mol. The molecule has 4 nitrogen and oxygen atoms in total. The van der Waals surface area contributed by atoms with E-state index < -0.39 is 0 Å². The van der Waals surface area contributed by atoms with Crippen LogP contribution in [0.5, 0.6) is 0 Å². The third-order valence-electron chi connectivity index (χ3n) is 5.14. The zero-order chi connectivity index (χ0) is 17.3. The van der Waals surface area contributed by atoms with Crippen molar-refractivity contribution in [2.45, 2.75) is 51.5 Å². The summed E-state index contributed by atoms with van der Waals surface area (Å²) in [6.45, 7) is 8.73. The largest absolute Gasteiger partial charge is 0.349 e. The Morgan fingerprint density at radius 3 is 2.27 bits per heavy atom. The van der Waals surface area contributed by atoms with E-state index in [9.17, 15) is 4.79 Å². The van der Waals surface area contributed by atoms with Crippen molar-refractivity contribution >= 4 is 30.7 Å². The van der Waals surface area contributed by atoms with Gasteiger partial charge in [-0.1, -0.05) is 57.0 Å². The summed E-state index contributed by atoms with van der Waals surface area (Å²) in [6.07, 6.45) is 5.55. The molecule has 2 N–H and O–H groups in total. The van der Waals surface area contributed by atoms with Gasteiger partial charge in [0.2, 0.25) is 5.91 Å². The second kappa shape index (κ2) is 13.4. The topological polar surface area (TPSA) is 44.4 Å². The van der Waals surface area contributed by atoms with Gasteiger partial charge in [0.1, 0.15) is 0 Å². The fraction of sp³-hybridized carbons (Fsp3) is 0.650. The summed E-state index contributed by atoms with van der Waals surface area (Å²) in [5, 5.41) is 6.63. The van der Waals surface area contributed by atoms with Gasteiger partial charge >= 0.3 is 0 Å². The zero-order valence-electron chi connectivity index (χ0n) is 16.1. The number of amides is 1. The first-order chi connectivity index (χ1) is 11.7. The molecule has 0 atom stereocenters. The molecule has 150 valence electrons. The maximum absolute atomic E-state index is 12.4. The van der Waals surface area contributed by atoms with Crippen LogP contribution in [-0.2, 0) is 11.2 Å². The van der Waals surface area contributed by atoms with Crippen molar-refractivity contribution in [2.24, 2.45) is 0 Å². The summed E-state index contributed by atoms with van der Waals surface area (Å²) >= 11 is 0. The van der Waals surface area contributed by atoms with Gasteiger partial charge in [-0.2, -0.15) is 0 Å². The average Bonchev–Trinajstić information content (AvgIpc) is 3.04. The Kier molecular flexibility index (Phi) is 13.0. The minimum absolute atomic E-state index is 0. The summed E-state index contributed by atoms with van der Waals surface area (Å²) in [5.41, 5.74) is 1.27. The molecular weight excluding hydrogens is 369 g/mol. The van der Waals surface area contributed by atoms with Crippen LogP contribution in [-0.4, -0.2) is 49.1 Å². The van der Waals surface area contributed by atoms with Crippen LogP contribution in [0, 0.1) is 0 Å². The highest BCUT2D eigenvalue weighted by molar-refractivity contribution is 5.85. The van der Waals surface area contributed by atoms with Crippen LogP contribution in [0.1, 0.15) is 45.1 Å². The van der Waals surface area contributed by atoms with Crippen molar-refractivity contribution in [1.82, 2.24) is 15.5 Å². The number of nitrogens with one attached hydrogen (secondary N) is 2. The smallest absolute Gasteiger partial charge is 0.234 e. The summed E-state index contributed by atoms with van der Waals surface area (Å²) in [7, 11) is 0. The van der Waals surface area contributed by atoms with Crippen LogP contribution in [0.15, 0.2) is 30.3 Å².